The molecule has 2 heteroatoms. The van der Waals surface area contributed by atoms with E-state index in [-0.39, 0.29) is 0 Å². The molecule has 0 saturated carbocycles. The average molecular weight is 210 g/mol. The van der Waals surface area contributed by atoms with Gasteiger partial charge >= 0.3 is 0 Å². The molecule has 88 valence electrons. The average Bonchev–Trinajstić information content (AvgIpc) is 2.12. The maximum Gasteiger partial charge on any atom is 0.0528 e. The van der Waals surface area contributed by atoms with E-state index < -0.39 is 0 Å². The van der Waals surface area contributed by atoms with Crippen molar-refractivity contribution >= 4 is 6.21 Å². The number of likely N-dealkylation sites (N-methyl/N-ethyl adjacent to an activating group) is 1. The third-order valence-electron chi connectivity index (χ3n) is 1.36. The van der Waals surface area contributed by atoms with Crippen LogP contribution in [0.3, 0.4) is 0 Å². The monoisotopic (exact) mass is 210 g/mol. The molecule has 0 fully saturated rings. The number of hydrogen-bond donors (Lipinski definition) is 1. The zero-order chi connectivity index (χ0) is 12.3. The third-order valence-corrected chi connectivity index (χ3v) is 1.36. The van der Waals surface area contributed by atoms with Crippen LogP contribution in [0.4, 0.5) is 0 Å². The van der Waals surface area contributed by atoms with E-state index in [1.165, 1.54) is 12.0 Å². The molecule has 0 bridgehead atoms. The Morgan fingerprint density at radius 2 is 1.73 bits per heavy atom. The van der Waals surface area contributed by atoms with Gasteiger partial charge in [0.25, 0.3) is 0 Å². The molecule has 0 amide bonds. The van der Waals surface area contributed by atoms with E-state index in [4.69, 9.17) is 0 Å². The molecule has 0 heterocycles. The smallest absolute Gasteiger partial charge is 0.0528 e. The first-order chi connectivity index (χ1) is 6.99. The molecular formula is C13H26N2. The van der Waals surface area contributed by atoms with Gasteiger partial charge in [0.2, 0.25) is 0 Å². The van der Waals surface area contributed by atoms with Gasteiger partial charge in [-0.25, -0.2) is 0 Å². The molecule has 0 radical (unpaired) electrons. The van der Waals surface area contributed by atoms with E-state index in [9.17, 15) is 0 Å². The molecule has 15 heavy (non-hydrogen) atoms. The summed E-state index contributed by atoms with van der Waals surface area (Å²) in [5.74, 6) is 0. The maximum atomic E-state index is 4.31. The Labute approximate surface area is 95.2 Å². The first kappa shape index (κ1) is 16.5. The van der Waals surface area contributed by atoms with Gasteiger partial charge in [0.1, 0.15) is 0 Å². The molecule has 0 spiro atoms. The lowest BCUT2D eigenvalue weighted by Gasteiger charge is -2.02. The van der Waals surface area contributed by atoms with Crippen molar-refractivity contribution in [2.24, 2.45) is 4.99 Å². The predicted octanol–water partition coefficient (Wildman–Crippen LogP) is 3.56. The summed E-state index contributed by atoms with van der Waals surface area (Å²) < 4.78 is 0. The first-order valence-corrected chi connectivity index (χ1v) is 5.50. The lowest BCUT2D eigenvalue weighted by molar-refractivity contribution is 0.860. The Balaban J connectivity index is 0. The topological polar surface area (TPSA) is 24.4 Å². The zero-order valence-corrected chi connectivity index (χ0v) is 11.1. The summed E-state index contributed by atoms with van der Waals surface area (Å²) in [4.78, 5) is 4.31. The molecule has 0 unspecified atom stereocenters. The maximum absolute atomic E-state index is 4.31. The second kappa shape index (κ2) is 11.2. The van der Waals surface area contributed by atoms with Crippen molar-refractivity contribution in [1.82, 2.24) is 5.32 Å². The number of hydrogen-bond acceptors (Lipinski definition) is 2. The second-order valence-electron chi connectivity index (χ2n) is 3.79. The van der Waals surface area contributed by atoms with Crippen LogP contribution in [0.5, 0.6) is 0 Å². The molecule has 0 atom stereocenters. The minimum Gasteiger partial charge on any atom is -0.314 e. The van der Waals surface area contributed by atoms with Gasteiger partial charge in [-0.2, -0.15) is 0 Å². The van der Waals surface area contributed by atoms with E-state index >= 15 is 0 Å². The van der Waals surface area contributed by atoms with E-state index in [0.29, 0.717) is 0 Å². The van der Waals surface area contributed by atoms with Crippen LogP contribution in [0.15, 0.2) is 28.4 Å². The van der Waals surface area contributed by atoms with Crippen molar-refractivity contribution < 1.29 is 0 Å². The first-order valence-electron chi connectivity index (χ1n) is 5.50. The van der Waals surface area contributed by atoms with Crippen LogP contribution in [-0.4, -0.2) is 19.8 Å². The highest BCUT2D eigenvalue weighted by Gasteiger charge is 1.93. The van der Waals surface area contributed by atoms with Gasteiger partial charge < -0.3 is 5.32 Å². The molecule has 1 N–H and O–H groups in total. The molecule has 0 rings (SSSR count). The summed E-state index contributed by atoms with van der Waals surface area (Å²) in [7, 11) is 1.92. The van der Waals surface area contributed by atoms with E-state index in [0.717, 1.165) is 17.8 Å². The SMILES string of the molecule is C=C(C)C=NC(CNC)=C(C)C.CCC. The number of aliphatic imine (C=N–C) groups is 1. The fraction of sp³-hybridized carbons (Fsp3) is 0.615. The van der Waals surface area contributed by atoms with Crippen LogP contribution in [0.25, 0.3) is 0 Å². The molecule has 0 aliphatic heterocycles. The normalized spacial score (nSPS) is 9.47. The Bertz CT molecular complexity index is 221. The van der Waals surface area contributed by atoms with Gasteiger partial charge in [-0.3, -0.25) is 4.99 Å². The second-order valence-corrected chi connectivity index (χ2v) is 3.79. The molecule has 0 aliphatic rings. The molecule has 0 aromatic carbocycles. The lowest BCUT2D eigenvalue weighted by Crippen LogP contribution is -2.10. The zero-order valence-electron chi connectivity index (χ0n) is 11.1. The number of rotatable bonds is 4. The molecule has 0 aromatic heterocycles. The van der Waals surface area contributed by atoms with Crippen LogP contribution < -0.4 is 5.32 Å². The van der Waals surface area contributed by atoms with Gasteiger partial charge in [0.05, 0.1) is 5.70 Å². The van der Waals surface area contributed by atoms with Gasteiger partial charge in [-0.15, -0.1) is 0 Å². The van der Waals surface area contributed by atoms with Gasteiger partial charge in [0.15, 0.2) is 0 Å². The highest BCUT2D eigenvalue weighted by Crippen LogP contribution is 2.03. The minimum absolute atomic E-state index is 0.812. The fourth-order valence-corrected chi connectivity index (χ4v) is 0.707. The molecule has 0 saturated heterocycles. The number of allylic oxidation sites excluding steroid dienone is 2. The van der Waals surface area contributed by atoms with E-state index in [2.05, 4.69) is 44.6 Å². The van der Waals surface area contributed by atoms with Crippen LogP contribution in [0, 0.1) is 0 Å². The van der Waals surface area contributed by atoms with Crippen molar-refractivity contribution in [1.29, 1.82) is 0 Å². The van der Waals surface area contributed by atoms with Crippen molar-refractivity contribution in [2.75, 3.05) is 13.6 Å². The summed E-state index contributed by atoms with van der Waals surface area (Å²) in [6.07, 6.45) is 3.04. The van der Waals surface area contributed by atoms with Crippen molar-refractivity contribution in [3.05, 3.63) is 23.4 Å². The standard InChI is InChI=1S/C10H18N2.C3H8/c1-8(2)6-12-10(7-11-5)9(3)4;1-3-2/h6,11H,1,7H2,2-5H3;3H2,1-2H3. The van der Waals surface area contributed by atoms with Crippen LogP contribution in [0.2, 0.25) is 0 Å². The summed E-state index contributed by atoms with van der Waals surface area (Å²) in [5, 5.41) is 3.07. The van der Waals surface area contributed by atoms with Crippen LogP contribution in [-0.2, 0) is 0 Å². The minimum atomic E-state index is 0.812. The molecule has 0 aromatic rings. The Kier molecular flexibility index (Phi) is 12.3. The Morgan fingerprint density at radius 3 is 2.00 bits per heavy atom. The summed E-state index contributed by atoms with van der Waals surface area (Å²) in [6.45, 7) is 14.9. The molecule has 0 aliphatic carbocycles. The highest BCUT2D eigenvalue weighted by atomic mass is 14.9. The van der Waals surface area contributed by atoms with Crippen LogP contribution >= 0.6 is 0 Å². The largest absolute Gasteiger partial charge is 0.314 e. The highest BCUT2D eigenvalue weighted by molar-refractivity contribution is 5.77. The van der Waals surface area contributed by atoms with Crippen molar-refractivity contribution in [3.8, 4) is 0 Å². The van der Waals surface area contributed by atoms with Gasteiger partial charge in [-0.05, 0) is 33.4 Å². The van der Waals surface area contributed by atoms with E-state index in [1.807, 2.05) is 14.0 Å². The number of nitrogens with one attached hydrogen (secondary N) is 1. The van der Waals surface area contributed by atoms with E-state index in [1.54, 1.807) is 6.21 Å². The van der Waals surface area contributed by atoms with Crippen molar-refractivity contribution in [2.45, 2.75) is 41.0 Å². The fourth-order valence-electron chi connectivity index (χ4n) is 0.707. The Morgan fingerprint density at radius 1 is 1.27 bits per heavy atom. The quantitative estimate of drug-likeness (QED) is 0.705. The molecule has 2 nitrogen and oxygen atoms in total. The predicted molar refractivity (Wildman–Crippen MR) is 71.6 cm³/mol. The summed E-state index contributed by atoms with van der Waals surface area (Å²) in [5.41, 5.74) is 3.30. The Hall–Kier alpha value is -0.890. The lowest BCUT2D eigenvalue weighted by atomic mass is 10.2. The third kappa shape index (κ3) is 13.1. The number of nitrogens with zero attached hydrogens (tertiary/aromatic N) is 1. The van der Waals surface area contributed by atoms with Crippen molar-refractivity contribution in [3.63, 3.8) is 0 Å². The van der Waals surface area contributed by atoms with Crippen LogP contribution in [0.1, 0.15) is 41.0 Å². The summed E-state index contributed by atoms with van der Waals surface area (Å²) >= 11 is 0. The summed E-state index contributed by atoms with van der Waals surface area (Å²) in [6, 6.07) is 0. The van der Waals surface area contributed by atoms with Gasteiger partial charge in [-0.1, -0.05) is 32.4 Å². The van der Waals surface area contributed by atoms with Gasteiger partial charge in [0, 0.05) is 12.8 Å². The molecular weight excluding hydrogens is 184 g/mol.